The van der Waals surface area contributed by atoms with Crippen LogP contribution >= 0.6 is 19.4 Å². The number of halogens is 1. The van der Waals surface area contributed by atoms with E-state index in [1.807, 2.05) is 42.5 Å². The molecule has 74 valence electrons. The molecule has 1 atom stereocenters. The summed E-state index contributed by atoms with van der Waals surface area (Å²) >= 11 is 5.99. The third-order valence-electron chi connectivity index (χ3n) is 2.06. The Hall–Kier alpha value is -1.17. The quantitative estimate of drug-likeness (QED) is 0.731. The maximum atomic E-state index is 12.1. The van der Waals surface area contributed by atoms with Gasteiger partial charge in [0, 0.05) is 0 Å². The normalized spacial score (nSPS) is 11.1. The molecule has 0 heterocycles. The molecule has 0 amide bonds. The minimum atomic E-state index is -1.57. The summed E-state index contributed by atoms with van der Waals surface area (Å²) in [5.74, 6) is 0. The van der Waals surface area contributed by atoms with Crippen LogP contribution in [0.1, 0.15) is 0 Å². The van der Waals surface area contributed by atoms with Crippen LogP contribution in [0.2, 0.25) is 5.02 Å². The molecule has 2 aromatic rings. The van der Waals surface area contributed by atoms with Crippen molar-refractivity contribution in [2.45, 2.75) is 0 Å². The molecule has 0 saturated heterocycles. The Balaban J connectivity index is 2.42. The van der Waals surface area contributed by atoms with Gasteiger partial charge < -0.3 is 0 Å². The van der Waals surface area contributed by atoms with Gasteiger partial charge in [0.05, 0.1) is 5.02 Å². The van der Waals surface area contributed by atoms with Crippen molar-refractivity contribution in [2.24, 2.45) is 0 Å². The zero-order chi connectivity index (χ0) is 10.7. The molecule has 1 nitrogen and oxygen atoms in total. The van der Waals surface area contributed by atoms with Gasteiger partial charge in [-0.15, -0.1) is 0 Å². The van der Waals surface area contributed by atoms with Crippen LogP contribution in [0.5, 0.6) is 0 Å². The standard InChI is InChI=1S/C12H9ClOP/c13-11-8-4-5-9-12(11)15(14)10-6-2-1-3-7-10/h1-9H/q+1. The van der Waals surface area contributed by atoms with E-state index in [0.29, 0.717) is 10.3 Å². The van der Waals surface area contributed by atoms with Gasteiger partial charge in [0.1, 0.15) is 0 Å². The van der Waals surface area contributed by atoms with Gasteiger partial charge in [0.2, 0.25) is 5.30 Å². The molecule has 3 heteroatoms. The molecule has 0 aromatic heterocycles. The molecule has 2 rings (SSSR count). The van der Waals surface area contributed by atoms with E-state index in [0.717, 1.165) is 5.30 Å². The van der Waals surface area contributed by atoms with Crippen LogP contribution in [0.4, 0.5) is 0 Å². The van der Waals surface area contributed by atoms with Crippen LogP contribution in [0.15, 0.2) is 54.6 Å². The lowest BCUT2D eigenvalue weighted by Gasteiger charge is -1.91. The average Bonchev–Trinajstić information content (AvgIpc) is 2.30. The predicted octanol–water partition coefficient (Wildman–Crippen LogP) is 3.12. The van der Waals surface area contributed by atoms with E-state index in [-0.39, 0.29) is 0 Å². The lowest BCUT2D eigenvalue weighted by molar-refractivity contribution is 0.598. The zero-order valence-corrected chi connectivity index (χ0v) is 9.58. The Labute approximate surface area is 94.5 Å². The van der Waals surface area contributed by atoms with E-state index in [1.165, 1.54) is 0 Å². The lowest BCUT2D eigenvalue weighted by Crippen LogP contribution is -2.06. The molecule has 0 saturated carbocycles. The fourth-order valence-corrected chi connectivity index (χ4v) is 2.90. The minimum Gasteiger partial charge on any atom is -0.0793 e. The maximum absolute atomic E-state index is 12.1. The number of benzene rings is 2. The first-order valence-electron chi connectivity index (χ1n) is 4.56. The molecular weight excluding hydrogens is 227 g/mol. The zero-order valence-electron chi connectivity index (χ0n) is 7.93. The van der Waals surface area contributed by atoms with Gasteiger partial charge in [0.25, 0.3) is 0 Å². The van der Waals surface area contributed by atoms with Crippen LogP contribution in [-0.2, 0) is 4.57 Å². The van der Waals surface area contributed by atoms with Gasteiger partial charge in [0.15, 0.2) is 5.30 Å². The highest BCUT2D eigenvalue weighted by Gasteiger charge is 2.25. The summed E-state index contributed by atoms with van der Waals surface area (Å²) in [5, 5.41) is 2.06. The molecular formula is C12H9ClOP+. The molecule has 15 heavy (non-hydrogen) atoms. The lowest BCUT2D eigenvalue weighted by atomic mass is 10.4. The second-order valence-corrected chi connectivity index (χ2v) is 5.08. The summed E-state index contributed by atoms with van der Waals surface area (Å²) in [6, 6.07) is 16.6. The first kappa shape index (κ1) is 10.4. The molecule has 0 N–H and O–H groups in total. The highest BCUT2D eigenvalue weighted by Crippen LogP contribution is 2.23. The van der Waals surface area contributed by atoms with Gasteiger partial charge in [-0.1, -0.05) is 46.5 Å². The Kier molecular flexibility index (Phi) is 3.15. The van der Waals surface area contributed by atoms with E-state index >= 15 is 0 Å². The maximum Gasteiger partial charge on any atom is 0.416 e. The first-order valence-corrected chi connectivity index (χ1v) is 6.19. The summed E-state index contributed by atoms with van der Waals surface area (Å²) in [7, 11) is -1.57. The van der Waals surface area contributed by atoms with Gasteiger partial charge in [-0.2, -0.15) is 0 Å². The smallest absolute Gasteiger partial charge is 0.0793 e. The highest BCUT2D eigenvalue weighted by molar-refractivity contribution is 7.61. The molecule has 2 aromatic carbocycles. The van der Waals surface area contributed by atoms with Crippen molar-refractivity contribution in [3.05, 3.63) is 59.6 Å². The Morgan fingerprint density at radius 1 is 0.867 bits per heavy atom. The summed E-state index contributed by atoms with van der Waals surface area (Å²) in [4.78, 5) is 0. The fourth-order valence-electron chi connectivity index (χ4n) is 1.32. The van der Waals surface area contributed by atoms with E-state index < -0.39 is 7.80 Å². The molecule has 0 aliphatic rings. The van der Waals surface area contributed by atoms with E-state index in [2.05, 4.69) is 0 Å². The number of hydrogen-bond donors (Lipinski definition) is 0. The minimum absolute atomic E-state index is 0.558. The fraction of sp³-hybridized carbons (Fsp3) is 0. The van der Waals surface area contributed by atoms with E-state index in [4.69, 9.17) is 11.6 Å². The van der Waals surface area contributed by atoms with Crippen molar-refractivity contribution in [1.29, 1.82) is 0 Å². The third-order valence-corrected chi connectivity index (χ3v) is 4.12. The number of rotatable bonds is 2. The van der Waals surface area contributed by atoms with Crippen LogP contribution < -0.4 is 10.6 Å². The summed E-state index contributed by atoms with van der Waals surface area (Å²) < 4.78 is 12.1. The summed E-state index contributed by atoms with van der Waals surface area (Å²) in [5.41, 5.74) is 0. The van der Waals surface area contributed by atoms with E-state index in [9.17, 15) is 4.57 Å². The summed E-state index contributed by atoms with van der Waals surface area (Å²) in [6.45, 7) is 0. The van der Waals surface area contributed by atoms with Gasteiger partial charge >= 0.3 is 7.80 Å². The number of hydrogen-bond acceptors (Lipinski definition) is 1. The monoisotopic (exact) mass is 235 g/mol. The van der Waals surface area contributed by atoms with Crippen molar-refractivity contribution < 1.29 is 4.57 Å². The molecule has 0 spiro atoms. The first-order chi connectivity index (χ1) is 7.29. The molecule has 0 radical (unpaired) electrons. The predicted molar refractivity (Wildman–Crippen MR) is 64.8 cm³/mol. The second-order valence-electron chi connectivity index (χ2n) is 3.08. The van der Waals surface area contributed by atoms with Gasteiger partial charge in [-0.25, -0.2) is 0 Å². The summed E-state index contributed by atoms with van der Waals surface area (Å²) in [6.07, 6.45) is 0. The molecule has 0 aliphatic heterocycles. The van der Waals surface area contributed by atoms with Crippen molar-refractivity contribution in [1.82, 2.24) is 0 Å². The SMILES string of the molecule is O=[P+](c1ccccc1)c1ccccc1Cl. The van der Waals surface area contributed by atoms with E-state index in [1.54, 1.807) is 12.1 Å². The third kappa shape index (κ3) is 2.26. The Morgan fingerprint density at radius 2 is 1.47 bits per heavy atom. The van der Waals surface area contributed by atoms with Crippen LogP contribution in [0, 0.1) is 0 Å². The van der Waals surface area contributed by atoms with Crippen LogP contribution in [0.3, 0.4) is 0 Å². The molecule has 0 bridgehead atoms. The van der Waals surface area contributed by atoms with Gasteiger partial charge in [-0.3, -0.25) is 0 Å². The largest absolute Gasteiger partial charge is 0.416 e. The second kappa shape index (κ2) is 4.57. The average molecular weight is 236 g/mol. The molecule has 0 aliphatic carbocycles. The van der Waals surface area contributed by atoms with Crippen LogP contribution in [0.25, 0.3) is 0 Å². The van der Waals surface area contributed by atoms with Gasteiger partial charge in [-0.05, 0) is 24.3 Å². The molecule has 0 fully saturated rings. The molecule has 1 unspecified atom stereocenters. The van der Waals surface area contributed by atoms with Crippen molar-refractivity contribution in [3.8, 4) is 0 Å². The Bertz CT molecular complexity index is 482. The topological polar surface area (TPSA) is 17.1 Å². The van der Waals surface area contributed by atoms with Crippen molar-refractivity contribution >= 4 is 30.0 Å². The van der Waals surface area contributed by atoms with Crippen molar-refractivity contribution in [2.75, 3.05) is 0 Å². The van der Waals surface area contributed by atoms with Crippen LogP contribution in [-0.4, -0.2) is 0 Å². The Morgan fingerprint density at radius 3 is 2.13 bits per heavy atom. The highest BCUT2D eigenvalue weighted by atomic mass is 35.5. The van der Waals surface area contributed by atoms with Crippen molar-refractivity contribution in [3.63, 3.8) is 0 Å².